The number of Topliss-reactive ketones (excluding diaryl/α,β-unsaturated/α-hetero) is 1. The Kier molecular flexibility index (Phi) is 3.77. The molecule has 1 aromatic heterocycles. The summed E-state index contributed by atoms with van der Waals surface area (Å²) in [7, 11) is 0. The molecule has 2 rings (SSSR count). The fraction of sp³-hybridized carbons (Fsp3) is 0.615. The van der Waals surface area contributed by atoms with Crippen LogP contribution in [0.4, 0.5) is 0 Å². The van der Waals surface area contributed by atoms with Gasteiger partial charge in [0.2, 0.25) is 0 Å². The molecule has 0 saturated heterocycles. The molecule has 16 heavy (non-hydrogen) atoms. The van der Waals surface area contributed by atoms with Crippen LogP contribution in [0.2, 0.25) is 0 Å². The lowest BCUT2D eigenvalue weighted by atomic mass is 10.1. The van der Waals surface area contributed by atoms with Crippen molar-refractivity contribution in [3.8, 4) is 0 Å². The predicted molar refractivity (Wildman–Crippen MR) is 67.6 cm³/mol. The van der Waals surface area contributed by atoms with Gasteiger partial charge in [0.1, 0.15) is 5.78 Å². The summed E-state index contributed by atoms with van der Waals surface area (Å²) in [5.41, 5.74) is 1.34. The molecule has 0 N–H and O–H groups in total. The van der Waals surface area contributed by atoms with Crippen LogP contribution in [0.1, 0.15) is 32.3 Å². The summed E-state index contributed by atoms with van der Waals surface area (Å²) in [6, 6.07) is 2.81. The van der Waals surface area contributed by atoms with Gasteiger partial charge in [0.25, 0.3) is 0 Å². The van der Waals surface area contributed by atoms with E-state index in [4.69, 9.17) is 0 Å². The van der Waals surface area contributed by atoms with Crippen molar-refractivity contribution in [2.75, 3.05) is 6.54 Å². The van der Waals surface area contributed by atoms with Crippen molar-refractivity contribution in [1.82, 2.24) is 4.90 Å². The van der Waals surface area contributed by atoms with E-state index in [1.807, 2.05) is 13.8 Å². The van der Waals surface area contributed by atoms with E-state index in [0.717, 1.165) is 6.54 Å². The van der Waals surface area contributed by atoms with Gasteiger partial charge in [-0.2, -0.15) is 11.3 Å². The molecule has 0 unspecified atom stereocenters. The van der Waals surface area contributed by atoms with Gasteiger partial charge in [0, 0.05) is 18.5 Å². The van der Waals surface area contributed by atoms with Crippen molar-refractivity contribution in [2.24, 2.45) is 5.92 Å². The van der Waals surface area contributed by atoms with Crippen molar-refractivity contribution in [3.63, 3.8) is 0 Å². The van der Waals surface area contributed by atoms with Crippen LogP contribution in [0.3, 0.4) is 0 Å². The molecule has 0 bridgehead atoms. The van der Waals surface area contributed by atoms with Crippen LogP contribution in [-0.4, -0.2) is 23.3 Å². The first-order valence-corrected chi connectivity index (χ1v) is 6.89. The summed E-state index contributed by atoms with van der Waals surface area (Å²) in [5, 5.41) is 4.28. The molecule has 1 fully saturated rings. The monoisotopic (exact) mass is 237 g/mol. The number of thiophene rings is 1. The van der Waals surface area contributed by atoms with Gasteiger partial charge in [-0.1, -0.05) is 13.8 Å². The first-order chi connectivity index (χ1) is 7.66. The number of carbonyl (C=O) groups is 1. The fourth-order valence-electron chi connectivity index (χ4n) is 1.75. The van der Waals surface area contributed by atoms with Gasteiger partial charge < -0.3 is 0 Å². The molecular weight excluding hydrogens is 218 g/mol. The third-order valence-corrected chi connectivity index (χ3v) is 3.76. The van der Waals surface area contributed by atoms with Crippen LogP contribution in [0.5, 0.6) is 0 Å². The second-order valence-corrected chi connectivity index (χ2v) is 5.67. The second-order valence-electron chi connectivity index (χ2n) is 4.89. The Morgan fingerprint density at radius 2 is 2.31 bits per heavy atom. The average Bonchev–Trinajstić information content (AvgIpc) is 2.97. The highest BCUT2D eigenvalue weighted by molar-refractivity contribution is 7.07. The van der Waals surface area contributed by atoms with Crippen molar-refractivity contribution >= 4 is 17.1 Å². The quantitative estimate of drug-likeness (QED) is 0.758. The van der Waals surface area contributed by atoms with E-state index in [1.54, 1.807) is 11.3 Å². The highest BCUT2D eigenvalue weighted by atomic mass is 32.1. The molecule has 1 aliphatic carbocycles. The molecule has 3 heteroatoms. The molecule has 0 radical (unpaired) electrons. The van der Waals surface area contributed by atoms with E-state index in [9.17, 15) is 4.79 Å². The van der Waals surface area contributed by atoms with Gasteiger partial charge in [0.15, 0.2) is 0 Å². The smallest absolute Gasteiger partial charge is 0.149 e. The predicted octanol–water partition coefficient (Wildman–Crippen LogP) is 2.94. The van der Waals surface area contributed by atoms with Gasteiger partial charge in [-0.05, 0) is 35.2 Å². The number of ketones is 1. The molecule has 1 aromatic rings. The lowest BCUT2D eigenvalue weighted by Gasteiger charge is -2.21. The number of carbonyl (C=O) groups excluding carboxylic acids is 1. The molecule has 1 aliphatic rings. The fourth-order valence-corrected chi connectivity index (χ4v) is 2.41. The van der Waals surface area contributed by atoms with Gasteiger partial charge in [0.05, 0.1) is 6.54 Å². The standard InChI is InChI=1S/C13H19NOS/c1-10(2)13(15)8-14(12-3-4-12)7-11-5-6-16-9-11/h5-6,9-10,12H,3-4,7-8H2,1-2H3. The lowest BCUT2D eigenvalue weighted by Crippen LogP contribution is -2.33. The van der Waals surface area contributed by atoms with E-state index in [-0.39, 0.29) is 5.92 Å². The van der Waals surface area contributed by atoms with Crippen LogP contribution in [0, 0.1) is 5.92 Å². The molecule has 0 atom stereocenters. The summed E-state index contributed by atoms with van der Waals surface area (Å²) >= 11 is 1.73. The minimum atomic E-state index is 0.156. The van der Waals surface area contributed by atoms with Crippen molar-refractivity contribution in [1.29, 1.82) is 0 Å². The summed E-state index contributed by atoms with van der Waals surface area (Å²) in [4.78, 5) is 14.1. The Labute approximate surface area is 101 Å². The highest BCUT2D eigenvalue weighted by Gasteiger charge is 2.30. The van der Waals surface area contributed by atoms with Crippen LogP contribution >= 0.6 is 11.3 Å². The summed E-state index contributed by atoms with van der Waals surface area (Å²) in [6.45, 7) is 5.53. The second kappa shape index (κ2) is 5.11. The molecule has 1 heterocycles. The van der Waals surface area contributed by atoms with Gasteiger partial charge in [-0.3, -0.25) is 9.69 Å². The van der Waals surface area contributed by atoms with Crippen LogP contribution in [0.15, 0.2) is 16.8 Å². The minimum absolute atomic E-state index is 0.156. The zero-order chi connectivity index (χ0) is 11.5. The third kappa shape index (κ3) is 3.16. The molecule has 1 saturated carbocycles. The normalized spacial score (nSPS) is 16.0. The molecular formula is C13H19NOS. The van der Waals surface area contributed by atoms with Gasteiger partial charge >= 0.3 is 0 Å². The topological polar surface area (TPSA) is 20.3 Å². The molecule has 2 nitrogen and oxygen atoms in total. The minimum Gasteiger partial charge on any atom is -0.298 e. The summed E-state index contributed by atoms with van der Waals surface area (Å²) in [6.07, 6.45) is 2.52. The number of hydrogen-bond donors (Lipinski definition) is 0. The van der Waals surface area contributed by atoms with Crippen molar-refractivity contribution < 1.29 is 4.79 Å². The highest BCUT2D eigenvalue weighted by Crippen LogP contribution is 2.28. The Morgan fingerprint density at radius 3 is 2.81 bits per heavy atom. The SMILES string of the molecule is CC(C)C(=O)CN(Cc1ccsc1)C1CC1. The maximum atomic E-state index is 11.8. The molecule has 0 aromatic carbocycles. The molecule has 0 spiro atoms. The average molecular weight is 237 g/mol. The summed E-state index contributed by atoms with van der Waals surface area (Å²) < 4.78 is 0. The number of hydrogen-bond acceptors (Lipinski definition) is 3. The first-order valence-electron chi connectivity index (χ1n) is 5.94. The third-order valence-electron chi connectivity index (χ3n) is 3.03. The molecule has 0 aliphatic heterocycles. The Morgan fingerprint density at radius 1 is 1.56 bits per heavy atom. The largest absolute Gasteiger partial charge is 0.298 e. The van der Waals surface area contributed by atoms with Crippen LogP contribution < -0.4 is 0 Å². The van der Waals surface area contributed by atoms with Crippen LogP contribution in [0.25, 0.3) is 0 Å². The Bertz CT molecular complexity index is 341. The lowest BCUT2D eigenvalue weighted by molar-refractivity contribution is -0.123. The summed E-state index contributed by atoms with van der Waals surface area (Å²) in [5.74, 6) is 0.519. The van der Waals surface area contributed by atoms with Gasteiger partial charge in [-0.15, -0.1) is 0 Å². The first kappa shape index (κ1) is 11.8. The van der Waals surface area contributed by atoms with Crippen LogP contribution in [-0.2, 0) is 11.3 Å². The van der Waals surface area contributed by atoms with E-state index >= 15 is 0 Å². The number of rotatable bonds is 6. The van der Waals surface area contributed by atoms with E-state index in [1.165, 1.54) is 18.4 Å². The van der Waals surface area contributed by atoms with Gasteiger partial charge in [-0.25, -0.2) is 0 Å². The zero-order valence-corrected chi connectivity index (χ0v) is 10.8. The maximum absolute atomic E-state index is 11.8. The molecule has 88 valence electrons. The van der Waals surface area contributed by atoms with E-state index in [0.29, 0.717) is 18.4 Å². The maximum Gasteiger partial charge on any atom is 0.149 e. The Hall–Kier alpha value is -0.670. The van der Waals surface area contributed by atoms with E-state index in [2.05, 4.69) is 21.7 Å². The Balaban J connectivity index is 1.92. The van der Waals surface area contributed by atoms with Crippen molar-refractivity contribution in [3.05, 3.63) is 22.4 Å². The number of nitrogens with zero attached hydrogens (tertiary/aromatic N) is 1. The molecule has 0 amide bonds. The zero-order valence-electron chi connectivity index (χ0n) is 9.98. The van der Waals surface area contributed by atoms with E-state index < -0.39 is 0 Å². The van der Waals surface area contributed by atoms with Crippen molar-refractivity contribution in [2.45, 2.75) is 39.3 Å².